The van der Waals surface area contributed by atoms with Crippen molar-refractivity contribution < 1.29 is 0 Å². The lowest BCUT2D eigenvalue weighted by Gasteiger charge is -1.95. The predicted molar refractivity (Wildman–Crippen MR) is 56.7 cm³/mol. The fraction of sp³-hybridized carbons (Fsp3) is 0. The van der Waals surface area contributed by atoms with Crippen molar-refractivity contribution in [2.45, 2.75) is 0 Å². The van der Waals surface area contributed by atoms with Crippen molar-refractivity contribution in [2.24, 2.45) is 0 Å². The van der Waals surface area contributed by atoms with Gasteiger partial charge in [-0.25, -0.2) is 0 Å². The van der Waals surface area contributed by atoms with Gasteiger partial charge in [-0.3, -0.25) is 0 Å². The number of aromatic nitrogens is 1. The summed E-state index contributed by atoms with van der Waals surface area (Å²) in [6.07, 6.45) is 0. The van der Waals surface area contributed by atoms with Gasteiger partial charge in [-0.2, -0.15) is 9.64 Å². The van der Waals surface area contributed by atoms with E-state index in [2.05, 4.69) is 10.4 Å². The molecule has 2 aromatic rings. The summed E-state index contributed by atoms with van der Waals surface area (Å²) < 4.78 is 3.96. The summed E-state index contributed by atoms with van der Waals surface area (Å²) in [6, 6.07) is 11.7. The molecule has 0 aliphatic carbocycles. The summed E-state index contributed by atoms with van der Waals surface area (Å²) >= 11 is 1.26. The molecule has 3 nitrogen and oxygen atoms in total. The molecule has 0 spiro atoms. The molecule has 0 radical (unpaired) electrons. The number of hydrogen-bond donors (Lipinski definition) is 1. The first-order chi connectivity index (χ1) is 6.83. The highest BCUT2D eigenvalue weighted by Gasteiger charge is 2.11. The minimum absolute atomic E-state index is 0.316. The zero-order valence-corrected chi connectivity index (χ0v) is 8.08. The molecular weight excluding hydrogens is 194 g/mol. The molecule has 2 N–H and O–H groups in total. The number of nitrogen functional groups attached to an aromatic ring is 1. The highest BCUT2D eigenvalue weighted by atomic mass is 32.1. The van der Waals surface area contributed by atoms with Gasteiger partial charge in [-0.05, 0) is 17.1 Å². The Morgan fingerprint density at radius 1 is 1.29 bits per heavy atom. The van der Waals surface area contributed by atoms with Crippen LogP contribution in [0.25, 0.3) is 10.4 Å². The third-order valence-corrected chi connectivity index (χ3v) is 2.78. The van der Waals surface area contributed by atoms with Crippen LogP contribution in [-0.2, 0) is 0 Å². The number of hydrogen-bond acceptors (Lipinski definition) is 4. The maximum Gasteiger partial charge on any atom is 0.155 e. The zero-order chi connectivity index (χ0) is 9.97. The monoisotopic (exact) mass is 201 g/mol. The first-order valence-corrected chi connectivity index (χ1v) is 4.81. The predicted octanol–water partition coefficient (Wildman–Crippen LogP) is 2.26. The summed E-state index contributed by atoms with van der Waals surface area (Å²) in [5.74, 6) is 0.316. The molecule has 2 rings (SSSR count). The molecule has 0 aliphatic heterocycles. The molecule has 0 aliphatic rings. The van der Waals surface area contributed by atoms with Crippen LogP contribution in [0.2, 0.25) is 0 Å². The van der Waals surface area contributed by atoms with E-state index in [1.165, 1.54) is 11.5 Å². The van der Waals surface area contributed by atoms with Crippen molar-refractivity contribution in [1.82, 2.24) is 4.37 Å². The molecule has 0 atom stereocenters. The number of nitrogens with two attached hydrogens (primary N) is 1. The summed E-state index contributed by atoms with van der Waals surface area (Å²) in [4.78, 5) is 0.839. The highest BCUT2D eigenvalue weighted by Crippen LogP contribution is 2.30. The first kappa shape index (κ1) is 8.73. The summed E-state index contributed by atoms with van der Waals surface area (Å²) in [6.45, 7) is 0. The van der Waals surface area contributed by atoms with Gasteiger partial charge in [0.2, 0.25) is 0 Å². The van der Waals surface area contributed by atoms with E-state index < -0.39 is 0 Å². The van der Waals surface area contributed by atoms with Gasteiger partial charge in [0, 0.05) is 0 Å². The summed E-state index contributed by atoms with van der Waals surface area (Å²) in [7, 11) is 0. The molecule has 0 unspecified atom stereocenters. The van der Waals surface area contributed by atoms with Crippen LogP contribution >= 0.6 is 11.5 Å². The molecular formula is C10H7N3S. The van der Waals surface area contributed by atoms with Gasteiger partial charge < -0.3 is 5.73 Å². The van der Waals surface area contributed by atoms with Gasteiger partial charge in [-0.1, -0.05) is 30.3 Å². The van der Waals surface area contributed by atoms with Crippen molar-refractivity contribution in [1.29, 1.82) is 5.26 Å². The van der Waals surface area contributed by atoms with Gasteiger partial charge >= 0.3 is 0 Å². The van der Waals surface area contributed by atoms with Gasteiger partial charge in [0.05, 0.1) is 4.88 Å². The van der Waals surface area contributed by atoms with Gasteiger partial charge in [0.1, 0.15) is 11.6 Å². The Labute approximate surface area is 85.6 Å². The number of benzene rings is 1. The fourth-order valence-electron chi connectivity index (χ4n) is 1.20. The van der Waals surface area contributed by atoms with Crippen LogP contribution in [0.4, 0.5) is 5.82 Å². The van der Waals surface area contributed by atoms with E-state index in [-0.39, 0.29) is 0 Å². The molecule has 0 amide bonds. The van der Waals surface area contributed by atoms with E-state index in [9.17, 15) is 0 Å². The van der Waals surface area contributed by atoms with Crippen LogP contribution < -0.4 is 5.73 Å². The lowest BCUT2D eigenvalue weighted by Crippen LogP contribution is -1.87. The minimum Gasteiger partial charge on any atom is -0.382 e. The Bertz CT molecular complexity index is 482. The second kappa shape index (κ2) is 3.48. The molecule has 0 saturated carbocycles. The molecule has 1 aromatic carbocycles. The number of anilines is 1. The maximum absolute atomic E-state index is 8.89. The van der Waals surface area contributed by atoms with E-state index in [4.69, 9.17) is 11.0 Å². The van der Waals surface area contributed by atoms with E-state index in [1.807, 2.05) is 30.3 Å². The Kier molecular flexibility index (Phi) is 2.17. The second-order valence-corrected chi connectivity index (χ2v) is 3.52. The second-order valence-electron chi connectivity index (χ2n) is 2.75. The van der Waals surface area contributed by atoms with Crippen LogP contribution in [-0.4, -0.2) is 4.37 Å². The van der Waals surface area contributed by atoms with Crippen LogP contribution in [0.3, 0.4) is 0 Å². The number of nitriles is 1. The van der Waals surface area contributed by atoms with Crippen LogP contribution in [0.15, 0.2) is 30.3 Å². The molecule has 0 bridgehead atoms. The summed E-state index contributed by atoms with van der Waals surface area (Å²) in [5, 5.41) is 8.89. The molecule has 4 heteroatoms. The number of rotatable bonds is 1. The van der Waals surface area contributed by atoms with Crippen LogP contribution in [0, 0.1) is 11.3 Å². The molecule has 1 heterocycles. The van der Waals surface area contributed by atoms with Gasteiger partial charge in [0.25, 0.3) is 0 Å². The smallest absolute Gasteiger partial charge is 0.155 e. The fourth-order valence-corrected chi connectivity index (χ4v) is 1.96. The summed E-state index contributed by atoms with van der Waals surface area (Å²) in [5.41, 5.74) is 7.02. The lowest BCUT2D eigenvalue weighted by molar-refractivity contribution is 1.47. The minimum atomic E-state index is 0.316. The topological polar surface area (TPSA) is 62.7 Å². The molecule has 1 aromatic heterocycles. The first-order valence-electron chi connectivity index (χ1n) is 4.03. The third kappa shape index (κ3) is 1.34. The Balaban J connectivity index is 2.59. The Hall–Kier alpha value is -1.86. The van der Waals surface area contributed by atoms with E-state index in [0.717, 1.165) is 10.4 Å². The highest BCUT2D eigenvalue weighted by molar-refractivity contribution is 7.10. The molecule has 14 heavy (non-hydrogen) atoms. The number of nitrogens with zero attached hydrogens (tertiary/aromatic N) is 2. The zero-order valence-electron chi connectivity index (χ0n) is 7.27. The van der Waals surface area contributed by atoms with Crippen LogP contribution in [0.1, 0.15) is 5.56 Å². The van der Waals surface area contributed by atoms with Gasteiger partial charge in [-0.15, -0.1) is 0 Å². The van der Waals surface area contributed by atoms with Crippen molar-refractivity contribution in [3.05, 3.63) is 35.9 Å². The van der Waals surface area contributed by atoms with Crippen molar-refractivity contribution in [3.63, 3.8) is 0 Å². The molecule has 68 valence electrons. The quantitative estimate of drug-likeness (QED) is 0.769. The van der Waals surface area contributed by atoms with E-state index >= 15 is 0 Å². The normalized spacial score (nSPS) is 9.64. The van der Waals surface area contributed by atoms with Crippen LogP contribution in [0.5, 0.6) is 0 Å². The maximum atomic E-state index is 8.89. The standard InChI is InChI=1S/C10H7N3S/c11-6-8-9(14-13-10(8)12)7-4-2-1-3-5-7/h1-5H,(H2,12,13). The third-order valence-electron chi connectivity index (χ3n) is 1.87. The average molecular weight is 201 g/mol. The van der Waals surface area contributed by atoms with Crippen molar-refractivity contribution in [2.75, 3.05) is 5.73 Å². The SMILES string of the molecule is N#Cc1c(N)nsc1-c1ccccc1. The van der Waals surface area contributed by atoms with Gasteiger partial charge in [0.15, 0.2) is 5.82 Å². The molecule has 0 saturated heterocycles. The van der Waals surface area contributed by atoms with E-state index in [0.29, 0.717) is 11.4 Å². The van der Waals surface area contributed by atoms with Crippen molar-refractivity contribution >= 4 is 17.4 Å². The molecule has 0 fully saturated rings. The van der Waals surface area contributed by atoms with Crippen molar-refractivity contribution in [3.8, 4) is 16.5 Å². The van der Waals surface area contributed by atoms with E-state index in [1.54, 1.807) is 0 Å². The average Bonchev–Trinajstić information content (AvgIpc) is 2.61. The largest absolute Gasteiger partial charge is 0.382 e. The Morgan fingerprint density at radius 2 is 2.00 bits per heavy atom. The lowest BCUT2D eigenvalue weighted by atomic mass is 10.1. The Morgan fingerprint density at radius 3 is 2.64 bits per heavy atom.